The monoisotopic (exact) mass is 608 g/mol. The summed E-state index contributed by atoms with van der Waals surface area (Å²) in [7, 11) is 0. The first-order chi connectivity index (χ1) is 19.6. The molecule has 6 heteroatoms. The molecule has 2 saturated carbocycles. The zero-order valence-electron chi connectivity index (χ0n) is 24.7. The van der Waals surface area contributed by atoms with E-state index in [-0.39, 0.29) is 35.6 Å². The van der Waals surface area contributed by atoms with Crippen LogP contribution in [-0.4, -0.2) is 58.3 Å². The fraction of sp³-hybridized carbons (Fsp3) is 0.611. The van der Waals surface area contributed by atoms with E-state index in [4.69, 9.17) is 0 Å². The Morgan fingerprint density at radius 2 is 1.10 bits per heavy atom. The van der Waals surface area contributed by atoms with Gasteiger partial charge in [-0.2, -0.15) is 0 Å². The second-order valence-corrected chi connectivity index (χ2v) is 14.0. The maximum Gasteiger partial charge on any atom is 0.115 e. The van der Waals surface area contributed by atoms with Gasteiger partial charge in [-0.1, -0.05) is 49.7 Å². The van der Waals surface area contributed by atoms with Crippen molar-refractivity contribution >= 4 is 24.8 Å². The lowest BCUT2D eigenvalue weighted by molar-refractivity contribution is -0.00536. The molecule has 6 unspecified atom stereocenters. The van der Waals surface area contributed by atoms with Gasteiger partial charge in [-0.15, -0.1) is 24.8 Å². The van der Waals surface area contributed by atoms with Gasteiger partial charge >= 0.3 is 0 Å². The molecule has 2 heterocycles. The first-order valence-corrected chi connectivity index (χ1v) is 16.2. The lowest BCUT2D eigenvalue weighted by Crippen LogP contribution is -2.61. The van der Waals surface area contributed by atoms with E-state index in [2.05, 4.69) is 45.9 Å². The minimum Gasteiger partial charge on any atom is -0.508 e. The number of rotatable bonds is 2. The highest BCUT2D eigenvalue weighted by Crippen LogP contribution is 2.57. The van der Waals surface area contributed by atoms with E-state index in [1.54, 1.807) is 0 Å². The standard InChI is InChI=1S/C36H44N2O2.2ClH/c39-27-11-9-25-21-33-29-7-1-3-13-35(29,31(25)23-27)15-19-37(33)17-5-6-18-38-20-16-36-14-4-2-8-30(36)34(38)22-26-10-12-28(40)24-32(26)36;;/h9-12,23-24,29-30,33-34,39-40H,1-4,7-8,13-22H2;2*1H. The summed E-state index contributed by atoms with van der Waals surface area (Å²) >= 11 is 0. The number of likely N-dealkylation sites (tertiary alicyclic amines) is 2. The molecule has 4 fully saturated rings. The maximum atomic E-state index is 10.3. The minimum atomic E-state index is 0. The van der Waals surface area contributed by atoms with Crippen molar-refractivity contribution in [2.45, 2.75) is 100.0 Å². The molecule has 2 saturated heterocycles. The number of phenols is 2. The zero-order valence-corrected chi connectivity index (χ0v) is 26.3. The predicted octanol–water partition coefficient (Wildman–Crippen LogP) is 6.76. The Bertz CT molecular complexity index is 1280. The second kappa shape index (κ2) is 11.6. The Kier molecular flexibility index (Phi) is 8.29. The van der Waals surface area contributed by atoms with E-state index in [9.17, 15) is 10.2 Å². The zero-order chi connectivity index (χ0) is 26.9. The average Bonchev–Trinajstić information content (AvgIpc) is 2.98. The topological polar surface area (TPSA) is 46.9 Å². The van der Waals surface area contributed by atoms with Crippen LogP contribution in [0.2, 0.25) is 0 Å². The molecule has 2 aromatic carbocycles. The molecule has 4 bridgehead atoms. The highest BCUT2D eigenvalue weighted by atomic mass is 35.5. The van der Waals surface area contributed by atoms with E-state index in [0.717, 1.165) is 39.0 Å². The van der Waals surface area contributed by atoms with E-state index in [1.165, 1.54) is 86.5 Å². The molecule has 42 heavy (non-hydrogen) atoms. The molecular weight excluding hydrogens is 563 g/mol. The number of aromatic hydroxyl groups is 2. The largest absolute Gasteiger partial charge is 0.508 e. The van der Waals surface area contributed by atoms with Crippen LogP contribution in [0.5, 0.6) is 11.5 Å². The van der Waals surface area contributed by atoms with E-state index in [1.807, 2.05) is 12.1 Å². The number of nitrogens with zero attached hydrogens (tertiary/aromatic N) is 2. The summed E-state index contributed by atoms with van der Waals surface area (Å²) in [6.07, 6.45) is 15.2. The van der Waals surface area contributed by atoms with Crippen molar-refractivity contribution in [3.63, 3.8) is 0 Å². The van der Waals surface area contributed by atoms with Gasteiger partial charge in [0.15, 0.2) is 0 Å². The van der Waals surface area contributed by atoms with Crippen molar-refractivity contribution in [3.8, 4) is 23.3 Å². The third kappa shape index (κ3) is 4.57. The summed E-state index contributed by atoms with van der Waals surface area (Å²) in [5.41, 5.74) is 6.41. The quantitative estimate of drug-likeness (QED) is 0.370. The molecule has 4 nitrogen and oxygen atoms in total. The van der Waals surface area contributed by atoms with Crippen molar-refractivity contribution < 1.29 is 10.2 Å². The highest BCUT2D eigenvalue weighted by molar-refractivity contribution is 5.85. The first kappa shape index (κ1) is 30.1. The molecule has 2 aliphatic heterocycles. The summed E-state index contributed by atoms with van der Waals surface area (Å²) in [6, 6.07) is 13.6. The van der Waals surface area contributed by atoms with Crippen molar-refractivity contribution in [1.82, 2.24) is 9.80 Å². The normalized spacial score (nSPS) is 34.6. The van der Waals surface area contributed by atoms with E-state index in [0.29, 0.717) is 35.4 Å². The molecule has 2 aromatic rings. The summed E-state index contributed by atoms with van der Waals surface area (Å²) < 4.78 is 0. The van der Waals surface area contributed by atoms with Crippen LogP contribution in [0.15, 0.2) is 36.4 Å². The van der Waals surface area contributed by atoms with Crippen LogP contribution in [0.3, 0.4) is 0 Å². The molecule has 0 spiro atoms. The Morgan fingerprint density at radius 3 is 1.55 bits per heavy atom. The maximum absolute atomic E-state index is 10.3. The Hall–Kier alpha value is -1.90. The molecular formula is C36H46Cl2N2O2. The fourth-order valence-electron chi connectivity index (χ4n) is 10.9. The van der Waals surface area contributed by atoms with Gasteiger partial charge in [0.1, 0.15) is 11.5 Å². The minimum absolute atomic E-state index is 0. The van der Waals surface area contributed by atoms with Crippen LogP contribution in [-0.2, 0) is 23.7 Å². The molecule has 4 aliphatic carbocycles. The van der Waals surface area contributed by atoms with Crippen LogP contribution >= 0.6 is 24.8 Å². The summed E-state index contributed by atoms with van der Waals surface area (Å²) in [5.74, 6) is 9.61. The Labute approximate surface area is 264 Å². The lowest BCUT2D eigenvalue weighted by atomic mass is 9.52. The van der Waals surface area contributed by atoms with Gasteiger partial charge in [0.25, 0.3) is 0 Å². The fourth-order valence-corrected chi connectivity index (χ4v) is 10.9. The second-order valence-electron chi connectivity index (χ2n) is 14.0. The van der Waals surface area contributed by atoms with E-state index >= 15 is 0 Å². The van der Waals surface area contributed by atoms with E-state index < -0.39 is 0 Å². The average molecular weight is 610 g/mol. The van der Waals surface area contributed by atoms with Gasteiger partial charge in [-0.25, -0.2) is 0 Å². The molecule has 6 aliphatic rings. The molecule has 0 amide bonds. The smallest absolute Gasteiger partial charge is 0.115 e. The lowest BCUT2D eigenvalue weighted by Gasteiger charge is -2.59. The van der Waals surface area contributed by atoms with Gasteiger partial charge < -0.3 is 10.2 Å². The van der Waals surface area contributed by atoms with Crippen LogP contribution in [0, 0.1) is 23.7 Å². The van der Waals surface area contributed by atoms with Gasteiger partial charge in [0.05, 0.1) is 13.1 Å². The van der Waals surface area contributed by atoms with Crippen molar-refractivity contribution in [2.75, 3.05) is 26.2 Å². The van der Waals surface area contributed by atoms with Gasteiger partial charge in [0, 0.05) is 36.0 Å². The van der Waals surface area contributed by atoms with Crippen molar-refractivity contribution in [1.29, 1.82) is 0 Å². The number of fused-ring (bicyclic) bond motifs is 2. The highest BCUT2D eigenvalue weighted by Gasteiger charge is 2.55. The van der Waals surface area contributed by atoms with Crippen LogP contribution in [0.1, 0.15) is 86.5 Å². The third-order valence-corrected chi connectivity index (χ3v) is 12.6. The number of hydrogen-bond donors (Lipinski definition) is 2. The van der Waals surface area contributed by atoms with Gasteiger partial charge in [0.2, 0.25) is 0 Å². The van der Waals surface area contributed by atoms with Gasteiger partial charge in [-0.05, 0) is 110 Å². The number of hydrogen-bond acceptors (Lipinski definition) is 4. The molecule has 6 atom stereocenters. The number of benzene rings is 2. The summed E-state index contributed by atoms with van der Waals surface area (Å²) in [4.78, 5) is 5.42. The third-order valence-electron chi connectivity index (χ3n) is 12.6. The molecule has 226 valence electrons. The summed E-state index contributed by atoms with van der Waals surface area (Å²) in [6.45, 7) is 4.04. The first-order valence-electron chi connectivity index (χ1n) is 16.2. The van der Waals surface area contributed by atoms with Gasteiger partial charge in [-0.3, -0.25) is 9.80 Å². The van der Waals surface area contributed by atoms with Crippen LogP contribution < -0.4 is 0 Å². The Balaban J connectivity index is 0.00000158. The number of halogens is 2. The molecule has 2 N–H and O–H groups in total. The molecule has 0 radical (unpaired) electrons. The Morgan fingerprint density at radius 1 is 0.643 bits per heavy atom. The predicted molar refractivity (Wildman–Crippen MR) is 173 cm³/mol. The summed E-state index contributed by atoms with van der Waals surface area (Å²) in [5, 5.41) is 20.6. The molecule has 0 aromatic heterocycles. The van der Waals surface area contributed by atoms with Crippen molar-refractivity contribution in [3.05, 3.63) is 58.7 Å². The van der Waals surface area contributed by atoms with Crippen LogP contribution in [0.4, 0.5) is 0 Å². The number of phenolic OH excluding ortho intramolecular Hbond substituents is 2. The molecule has 8 rings (SSSR count). The van der Waals surface area contributed by atoms with Crippen LogP contribution in [0.25, 0.3) is 0 Å². The SMILES string of the molecule is Cl.Cl.Oc1ccc2c(c1)C13CCCCC1C(C2)N(CC#CCN1CCC24CCCCC2C1Cc1ccc(O)cc14)CC3. The number of piperidine rings is 2. The van der Waals surface area contributed by atoms with Crippen molar-refractivity contribution in [2.24, 2.45) is 11.8 Å².